The highest BCUT2D eigenvalue weighted by atomic mass is 16.5. The number of benzene rings is 1. The van der Waals surface area contributed by atoms with Gasteiger partial charge in [-0.25, -0.2) is 9.97 Å². The molecule has 0 aliphatic carbocycles. The molecule has 2 aromatic rings. The van der Waals surface area contributed by atoms with E-state index in [-0.39, 0.29) is 5.91 Å². The van der Waals surface area contributed by atoms with Gasteiger partial charge >= 0.3 is 0 Å². The second kappa shape index (κ2) is 8.88. The monoisotopic (exact) mass is 385 g/mol. The fraction of sp³-hybridized carbons (Fsp3) is 0.450. The topological polar surface area (TPSA) is 79.8 Å². The van der Waals surface area contributed by atoms with Crippen LogP contribution in [0, 0.1) is 6.92 Å². The van der Waals surface area contributed by atoms with E-state index >= 15 is 0 Å². The van der Waals surface area contributed by atoms with E-state index in [4.69, 9.17) is 9.47 Å². The van der Waals surface area contributed by atoms with Gasteiger partial charge in [0.25, 0.3) is 5.91 Å². The van der Waals surface area contributed by atoms with Crippen LogP contribution >= 0.6 is 0 Å². The Hall–Kier alpha value is -2.87. The highest BCUT2D eigenvalue weighted by molar-refractivity contribution is 5.93. The first kappa shape index (κ1) is 19.9. The zero-order valence-electron chi connectivity index (χ0n) is 16.9. The molecule has 1 fully saturated rings. The number of rotatable bonds is 6. The molecule has 1 aromatic heterocycles. The summed E-state index contributed by atoms with van der Waals surface area (Å²) in [5, 5.41) is 3.27. The Morgan fingerprint density at radius 3 is 2.46 bits per heavy atom. The SMILES string of the molecule is COc1ccc(CNc2cc(C(=O)N3CCN(C)CC3)nc(C)n2)cc1OC. The summed E-state index contributed by atoms with van der Waals surface area (Å²) in [4.78, 5) is 25.6. The smallest absolute Gasteiger partial charge is 0.272 e. The summed E-state index contributed by atoms with van der Waals surface area (Å²) in [5.74, 6) is 2.50. The minimum Gasteiger partial charge on any atom is -0.493 e. The molecule has 1 N–H and O–H groups in total. The summed E-state index contributed by atoms with van der Waals surface area (Å²) < 4.78 is 10.6. The molecule has 8 nitrogen and oxygen atoms in total. The number of carbonyl (C=O) groups excluding carboxylic acids is 1. The van der Waals surface area contributed by atoms with Crippen LogP contribution in [0.25, 0.3) is 0 Å². The molecule has 8 heteroatoms. The molecule has 0 bridgehead atoms. The number of methoxy groups -OCH3 is 2. The zero-order valence-corrected chi connectivity index (χ0v) is 16.9. The molecule has 0 unspecified atom stereocenters. The average Bonchev–Trinajstić information content (AvgIpc) is 2.71. The molecule has 1 aliphatic rings. The van der Waals surface area contributed by atoms with Crippen molar-refractivity contribution < 1.29 is 14.3 Å². The Bertz CT molecular complexity index is 835. The number of anilines is 1. The van der Waals surface area contributed by atoms with Crippen LogP contribution < -0.4 is 14.8 Å². The van der Waals surface area contributed by atoms with Gasteiger partial charge in [-0.3, -0.25) is 4.79 Å². The van der Waals surface area contributed by atoms with E-state index in [9.17, 15) is 4.79 Å². The first-order valence-corrected chi connectivity index (χ1v) is 9.28. The standard InChI is InChI=1S/C20H27N5O3/c1-14-22-16(20(26)25-9-7-24(2)8-10-25)12-19(23-14)21-13-15-5-6-17(27-3)18(11-15)28-4/h5-6,11-12H,7-10,13H2,1-4H3,(H,21,22,23). The van der Waals surface area contributed by atoms with Gasteiger partial charge in [0.15, 0.2) is 11.5 Å². The molecular weight excluding hydrogens is 358 g/mol. The summed E-state index contributed by atoms with van der Waals surface area (Å²) in [5.41, 5.74) is 1.44. The second-order valence-corrected chi connectivity index (χ2v) is 6.82. The van der Waals surface area contributed by atoms with Gasteiger partial charge in [0.05, 0.1) is 14.2 Å². The molecule has 1 amide bonds. The number of piperazine rings is 1. The van der Waals surface area contributed by atoms with Crippen LogP contribution in [0.1, 0.15) is 21.9 Å². The number of carbonyl (C=O) groups is 1. The minimum atomic E-state index is -0.0484. The summed E-state index contributed by atoms with van der Waals surface area (Å²) >= 11 is 0. The van der Waals surface area contributed by atoms with Crippen molar-refractivity contribution in [2.24, 2.45) is 0 Å². The molecule has 0 atom stereocenters. The maximum atomic E-state index is 12.8. The fourth-order valence-electron chi connectivity index (χ4n) is 3.12. The fourth-order valence-corrected chi connectivity index (χ4v) is 3.12. The van der Waals surface area contributed by atoms with Crippen molar-refractivity contribution in [2.75, 3.05) is 52.8 Å². The third-order valence-corrected chi connectivity index (χ3v) is 4.77. The van der Waals surface area contributed by atoms with E-state index in [0.29, 0.717) is 48.5 Å². The number of nitrogens with one attached hydrogen (secondary N) is 1. The molecule has 2 heterocycles. The number of amides is 1. The lowest BCUT2D eigenvalue weighted by Gasteiger charge is -2.32. The van der Waals surface area contributed by atoms with Crippen LogP contribution in [0.15, 0.2) is 24.3 Å². The largest absolute Gasteiger partial charge is 0.493 e. The van der Waals surface area contributed by atoms with Gasteiger partial charge in [-0.1, -0.05) is 6.07 Å². The van der Waals surface area contributed by atoms with Crippen LogP contribution in [0.4, 0.5) is 5.82 Å². The average molecular weight is 385 g/mol. The number of likely N-dealkylation sites (N-methyl/N-ethyl adjacent to an activating group) is 1. The highest BCUT2D eigenvalue weighted by Crippen LogP contribution is 2.27. The van der Waals surface area contributed by atoms with Gasteiger partial charge in [0.2, 0.25) is 0 Å². The number of hydrogen-bond donors (Lipinski definition) is 1. The van der Waals surface area contributed by atoms with Crippen LogP contribution in [-0.4, -0.2) is 73.1 Å². The Morgan fingerprint density at radius 2 is 1.79 bits per heavy atom. The lowest BCUT2D eigenvalue weighted by molar-refractivity contribution is 0.0658. The van der Waals surface area contributed by atoms with E-state index in [2.05, 4.69) is 27.2 Å². The summed E-state index contributed by atoms with van der Waals surface area (Å²) in [6, 6.07) is 7.45. The van der Waals surface area contributed by atoms with Crippen molar-refractivity contribution in [1.29, 1.82) is 0 Å². The van der Waals surface area contributed by atoms with Crippen LogP contribution in [0.2, 0.25) is 0 Å². The number of hydrogen-bond acceptors (Lipinski definition) is 7. The predicted molar refractivity (Wildman–Crippen MR) is 107 cm³/mol. The molecule has 0 saturated carbocycles. The molecule has 1 aliphatic heterocycles. The lowest BCUT2D eigenvalue weighted by Crippen LogP contribution is -2.47. The minimum absolute atomic E-state index is 0.0484. The van der Waals surface area contributed by atoms with Crippen molar-refractivity contribution in [3.63, 3.8) is 0 Å². The third kappa shape index (κ3) is 4.69. The molecule has 28 heavy (non-hydrogen) atoms. The summed E-state index contributed by atoms with van der Waals surface area (Å²) in [6.07, 6.45) is 0. The predicted octanol–water partition coefficient (Wildman–Crippen LogP) is 1.80. The van der Waals surface area contributed by atoms with Crippen molar-refractivity contribution in [3.05, 3.63) is 41.3 Å². The molecule has 150 valence electrons. The lowest BCUT2D eigenvalue weighted by atomic mass is 10.2. The van der Waals surface area contributed by atoms with Gasteiger partial charge in [-0.15, -0.1) is 0 Å². The number of nitrogens with zero attached hydrogens (tertiary/aromatic N) is 4. The molecular formula is C20H27N5O3. The zero-order chi connectivity index (χ0) is 20.1. The highest BCUT2D eigenvalue weighted by Gasteiger charge is 2.22. The van der Waals surface area contributed by atoms with Crippen molar-refractivity contribution >= 4 is 11.7 Å². The van der Waals surface area contributed by atoms with Gasteiger partial charge in [-0.05, 0) is 31.7 Å². The van der Waals surface area contributed by atoms with Crippen molar-refractivity contribution in [3.8, 4) is 11.5 Å². The molecule has 0 radical (unpaired) electrons. The van der Waals surface area contributed by atoms with Crippen LogP contribution in [0.5, 0.6) is 11.5 Å². The molecule has 0 spiro atoms. The first-order chi connectivity index (χ1) is 13.5. The van der Waals surface area contributed by atoms with Crippen LogP contribution in [0.3, 0.4) is 0 Å². The van der Waals surface area contributed by atoms with E-state index < -0.39 is 0 Å². The first-order valence-electron chi connectivity index (χ1n) is 9.28. The maximum Gasteiger partial charge on any atom is 0.272 e. The Labute approximate surface area is 165 Å². The molecule has 1 aromatic carbocycles. The second-order valence-electron chi connectivity index (χ2n) is 6.82. The normalized spacial score (nSPS) is 14.6. The van der Waals surface area contributed by atoms with Gasteiger partial charge in [0.1, 0.15) is 17.3 Å². The molecule has 1 saturated heterocycles. The summed E-state index contributed by atoms with van der Waals surface area (Å²) in [7, 11) is 5.28. The molecule has 3 rings (SSSR count). The number of aromatic nitrogens is 2. The quantitative estimate of drug-likeness (QED) is 0.812. The third-order valence-electron chi connectivity index (χ3n) is 4.77. The van der Waals surface area contributed by atoms with Gasteiger partial charge in [-0.2, -0.15) is 0 Å². The van der Waals surface area contributed by atoms with E-state index in [1.54, 1.807) is 27.2 Å². The van der Waals surface area contributed by atoms with Gasteiger partial charge in [0, 0.05) is 38.8 Å². The number of aryl methyl sites for hydroxylation is 1. The number of ether oxygens (including phenoxy) is 2. The van der Waals surface area contributed by atoms with Gasteiger partial charge < -0.3 is 24.6 Å². The maximum absolute atomic E-state index is 12.8. The van der Waals surface area contributed by atoms with E-state index in [0.717, 1.165) is 18.7 Å². The van der Waals surface area contributed by atoms with Crippen molar-refractivity contribution in [1.82, 2.24) is 19.8 Å². The van der Waals surface area contributed by atoms with E-state index in [1.807, 2.05) is 23.1 Å². The van der Waals surface area contributed by atoms with Crippen LogP contribution in [-0.2, 0) is 6.54 Å². The Kier molecular flexibility index (Phi) is 6.30. The Morgan fingerprint density at radius 1 is 1.07 bits per heavy atom. The summed E-state index contributed by atoms with van der Waals surface area (Å²) in [6.45, 7) is 5.52. The Balaban J connectivity index is 1.70. The van der Waals surface area contributed by atoms with E-state index in [1.165, 1.54) is 0 Å². The van der Waals surface area contributed by atoms with Crippen molar-refractivity contribution in [2.45, 2.75) is 13.5 Å².